The fourth-order valence-corrected chi connectivity index (χ4v) is 2.31. The summed E-state index contributed by atoms with van der Waals surface area (Å²) in [6, 6.07) is 8.21. The summed E-state index contributed by atoms with van der Waals surface area (Å²) in [5.41, 5.74) is 7.15. The molecule has 0 bridgehead atoms. The van der Waals surface area contributed by atoms with Crippen LogP contribution in [0.25, 0.3) is 0 Å². The van der Waals surface area contributed by atoms with Crippen molar-refractivity contribution < 1.29 is 4.74 Å². The summed E-state index contributed by atoms with van der Waals surface area (Å²) in [7, 11) is 0. The zero-order valence-electron chi connectivity index (χ0n) is 10.3. The molecule has 2 N–H and O–H groups in total. The summed E-state index contributed by atoms with van der Waals surface area (Å²) in [4.78, 5) is 0. The molecule has 0 unspecified atom stereocenters. The Hall–Kier alpha value is -1.28. The largest absolute Gasteiger partial charge is 0.490 e. The summed E-state index contributed by atoms with van der Waals surface area (Å²) in [6.45, 7) is 3.71. The predicted octanol–water partition coefficient (Wildman–Crippen LogP) is 3.58. The average molecular weight is 231 g/mol. The van der Waals surface area contributed by atoms with E-state index in [1.54, 1.807) is 0 Å². The van der Waals surface area contributed by atoms with Gasteiger partial charge >= 0.3 is 0 Å². The van der Waals surface area contributed by atoms with Gasteiger partial charge in [0.1, 0.15) is 5.75 Å². The Kier molecular flexibility index (Phi) is 4.21. The topological polar surface area (TPSA) is 35.2 Å². The lowest BCUT2D eigenvalue weighted by Gasteiger charge is -2.14. The highest BCUT2D eigenvalue weighted by Crippen LogP contribution is 2.25. The number of nitrogens with two attached hydrogens (primary N) is 1. The van der Waals surface area contributed by atoms with Gasteiger partial charge in [-0.3, -0.25) is 0 Å². The maximum absolute atomic E-state index is 6.01. The molecule has 0 spiro atoms. The van der Waals surface area contributed by atoms with E-state index in [-0.39, 0.29) is 6.04 Å². The minimum Gasteiger partial charge on any atom is -0.490 e. The second-order valence-corrected chi connectivity index (χ2v) is 4.72. The molecule has 0 amide bonds. The molecule has 0 heterocycles. The predicted molar refractivity (Wildman–Crippen MR) is 71.1 cm³/mol. The lowest BCUT2D eigenvalue weighted by atomic mass is 10.0. The zero-order chi connectivity index (χ0) is 12.1. The van der Waals surface area contributed by atoms with Gasteiger partial charge in [-0.1, -0.05) is 18.2 Å². The quantitative estimate of drug-likeness (QED) is 0.786. The van der Waals surface area contributed by atoms with Crippen LogP contribution in [0.2, 0.25) is 0 Å². The zero-order valence-corrected chi connectivity index (χ0v) is 10.3. The van der Waals surface area contributed by atoms with Crippen molar-refractivity contribution in [2.24, 2.45) is 5.73 Å². The van der Waals surface area contributed by atoms with Gasteiger partial charge in [0.25, 0.3) is 0 Å². The van der Waals surface area contributed by atoms with E-state index in [1.807, 2.05) is 18.2 Å². The third-order valence-corrected chi connectivity index (χ3v) is 3.33. The molecule has 1 aliphatic carbocycles. The van der Waals surface area contributed by atoms with Crippen LogP contribution in [0.15, 0.2) is 36.9 Å². The molecule has 1 aromatic rings. The monoisotopic (exact) mass is 231 g/mol. The number of rotatable bonds is 5. The van der Waals surface area contributed by atoms with Crippen LogP contribution in [0.5, 0.6) is 5.75 Å². The molecule has 0 radical (unpaired) electrons. The van der Waals surface area contributed by atoms with Crippen LogP contribution in [0.1, 0.15) is 43.7 Å². The third-order valence-electron chi connectivity index (χ3n) is 3.33. The molecule has 92 valence electrons. The van der Waals surface area contributed by atoms with E-state index in [0.29, 0.717) is 6.10 Å². The first-order valence-corrected chi connectivity index (χ1v) is 6.42. The van der Waals surface area contributed by atoms with Gasteiger partial charge < -0.3 is 10.5 Å². The van der Waals surface area contributed by atoms with Crippen LogP contribution in [0, 0.1) is 0 Å². The van der Waals surface area contributed by atoms with Crippen molar-refractivity contribution in [2.45, 2.75) is 44.2 Å². The molecule has 2 heteroatoms. The summed E-state index contributed by atoms with van der Waals surface area (Å²) < 4.78 is 5.91. The van der Waals surface area contributed by atoms with Gasteiger partial charge in [-0.05, 0) is 49.8 Å². The van der Waals surface area contributed by atoms with Crippen LogP contribution in [0.4, 0.5) is 0 Å². The van der Waals surface area contributed by atoms with E-state index < -0.39 is 0 Å². The summed E-state index contributed by atoms with van der Waals surface area (Å²) >= 11 is 0. The first kappa shape index (κ1) is 12.2. The molecule has 0 aliphatic heterocycles. The van der Waals surface area contributed by atoms with Crippen molar-refractivity contribution in [3.05, 3.63) is 42.5 Å². The highest BCUT2D eigenvalue weighted by atomic mass is 16.5. The van der Waals surface area contributed by atoms with Gasteiger partial charge in [0.15, 0.2) is 0 Å². The van der Waals surface area contributed by atoms with Crippen LogP contribution in [-0.4, -0.2) is 6.10 Å². The lowest BCUT2D eigenvalue weighted by molar-refractivity contribution is 0.210. The van der Waals surface area contributed by atoms with Crippen molar-refractivity contribution in [1.29, 1.82) is 0 Å². The minimum atomic E-state index is 0.0491. The summed E-state index contributed by atoms with van der Waals surface area (Å²) in [5.74, 6) is 0.964. The molecule has 1 aromatic carbocycles. The lowest BCUT2D eigenvalue weighted by Crippen LogP contribution is -2.11. The minimum absolute atomic E-state index is 0.0491. The fourth-order valence-electron chi connectivity index (χ4n) is 2.31. The summed E-state index contributed by atoms with van der Waals surface area (Å²) in [6.07, 6.45) is 8.06. The Morgan fingerprint density at radius 1 is 1.29 bits per heavy atom. The first-order valence-electron chi connectivity index (χ1n) is 6.42. The molecule has 1 fully saturated rings. The highest BCUT2D eigenvalue weighted by molar-refractivity contribution is 5.29. The van der Waals surface area contributed by atoms with E-state index in [4.69, 9.17) is 10.5 Å². The molecule has 1 saturated carbocycles. The average Bonchev–Trinajstić information content (AvgIpc) is 2.83. The molecule has 0 saturated heterocycles. The van der Waals surface area contributed by atoms with Crippen LogP contribution in [0.3, 0.4) is 0 Å². The first-order chi connectivity index (χ1) is 8.29. The van der Waals surface area contributed by atoms with E-state index in [1.165, 1.54) is 25.7 Å². The van der Waals surface area contributed by atoms with E-state index >= 15 is 0 Å². The Morgan fingerprint density at radius 3 is 2.53 bits per heavy atom. The second kappa shape index (κ2) is 5.87. The summed E-state index contributed by atoms with van der Waals surface area (Å²) in [5, 5.41) is 0. The van der Waals surface area contributed by atoms with Gasteiger partial charge in [-0.15, -0.1) is 6.58 Å². The molecular formula is C15H21NO. The Bertz CT molecular complexity index is 352. The van der Waals surface area contributed by atoms with Crippen molar-refractivity contribution >= 4 is 0 Å². The smallest absolute Gasteiger partial charge is 0.119 e. The molecule has 17 heavy (non-hydrogen) atoms. The van der Waals surface area contributed by atoms with Gasteiger partial charge in [-0.2, -0.15) is 0 Å². The number of benzene rings is 1. The molecule has 1 atom stereocenters. The highest BCUT2D eigenvalue weighted by Gasteiger charge is 2.16. The normalized spacial score (nSPS) is 17.9. The van der Waals surface area contributed by atoms with Crippen LogP contribution < -0.4 is 10.5 Å². The number of hydrogen-bond acceptors (Lipinski definition) is 2. The van der Waals surface area contributed by atoms with Gasteiger partial charge in [-0.25, -0.2) is 0 Å². The van der Waals surface area contributed by atoms with Crippen molar-refractivity contribution in [3.8, 4) is 5.75 Å². The maximum Gasteiger partial charge on any atom is 0.119 e. The maximum atomic E-state index is 6.01. The Balaban J connectivity index is 1.94. The molecular weight excluding hydrogens is 210 g/mol. The SMILES string of the molecule is C=CC[C@@H](N)c1ccc(OC2CCCC2)cc1. The van der Waals surface area contributed by atoms with Gasteiger partial charge in [0.2, 0.25) is 0 Å². The van der Waals surface area contributed by atoms with Crippen LogP contribution >= 0.6 is 0 Å². The number of ether oxygens (including phenoxy) is 1. The van der Waals surface area contributed by atoms with E-state index in [2.05, 4.69) is 18.7 Å². The van der Waals surface area contributed by atoms with Crippen molar-refractivity contribution in [1.82, 2.24) is 0 Å². The number of hydrogen-bond donors (Lipinski definition) is 1. The van der Waals surface area contributed by atoms with Crippen molar-refractivity contribution in [3.63, 3.8) is 0 Å². The fraction of sp³-hybridized carbons (Fsp3) is 0.467. The Morgan fingerprint density at radius 2 is 1.94 bits per heavy atom. The molecule has 2 nitrogen and oxygen atoms in total. The van der Waals surface area contributed by atoms with Gasteiger partial charge in [0.05, 0.1) is 6.10 Å². The Labute approximate surface area is 103 Å². The van der Waals surface area contributed by atoms with Crippen LogP contribution in [-0.2, 0) is 0 Å². The molecule has 2 rings (SSSR count). The van der Waals surface area contributed by atoms with E-state index in [0.717, 1.165) is 17.7 Å². The molecule has 1 aliphatic rings. The van der Waals surface area contributed by atoms with Gasteiger partial charge in [0, 0.05) is 6.04 Å². The van der Waals surface area contributed by atoms with Crippen molar-refractivity contribution in [2.75, 3.05) is 0 Å². The molecule has 0 aromatic heterocycles. The second-order valence-electron chi connectivity index (χ2n) is 4.72. The standard InChI is InChI=1S/C15H21NO/c1-2-5-15(16)12-8-10-14(11-9-12)17-13-6-3-4-7-13/h2,8-11,13,15H,1,3-7,16H2/t15-/m1/s1. The van der Waals surface area contributed by atoms with E-state index in [9.17, 15) is 0 Å². The third kappa shape index (κ3) is 3.34.